The number of hydrogen-bond acceptors (Lipinski definition) is 4. The molecule has 6 nitrogen and oxygen atoms in total. The highest BCUT2D eigenvalue weighted by atomic mass is 35.5. The Morgan fingerprint density at radius 3 is 2.94 bits per heavy atom. The van der Waals surface area contributed by atoms with Crippen molar-refractivity contribution in [3.63, 3.8) is 0 Å². The van der Waals surface area contributed by atoms with Crippen molar-refractivity contribution in [1.82, 2.24) is 4.98 Å². The molecule has 2 unspecified atom stereocenters. The molecule has 2 atom stereocenters. The first-order valence-electron chi connectivity index (χ1n) is 4.74. The average molecular weight is 261 g/mol. The number of pyridine rings is 1. The normalized spacial score (nSPS) is 13.9. The zero-order chi connectivity index (χ0) is 12.8. The van der Waals surface area contributed by atoms with Crippen LogP contribution in [0.5, 0.6) is 0 Å². The molecule has 0 radical (unpaired) electrons. The largest absolute Gasteiger partial charge is 0.390 e. The summed E-state index contributed by atoms with van der Waals surface area (Å²) >= 11 is 5.67. The molecule has 0 amide bonds. The standard InChI is InChI=1S/C9H10ClFN4O2/c10-9-6(3-5(11)4-13-9)8(17)7(16)1-2-14-15-12/h3-4,7-8,16-17H,1-2H2. The van der Waals surface area contributed by atoms with E-state index in [0.29, 0.717) is 0 Å². The van der Waals surface area contributed by atoms with Crippen LogP contribution >= 0.6 is 11.6 Å². The van der Waals surface area contributed by atoms with E-state index in [1.54, 1.807) is 0 Å². The van der Waals surface area contributed by atoms with Gasteiger partial charge in [-0.05, 0) is 18.0 Å². The Morgan fingerprint density at radius 1 is 1.59 bits per heavy atom. The molecule has 1 rings (SSSR count). The lowest BCUT2D eigenvalue weighted by Crippen LogP contribution is -2.20. The lowest BCUT2D eigenvalue weighted by molar-refractivity contribution is 0.0147. The Balaban J connectivity index is 2.76. The summed E-state index contributed by atoms with van der Waals surface area (Å²) in [6, 6.07) is 0.997. The first kappa shape index (κ1) is 13.7. The summed E-state index contributed by atoms with van der Waals surface area (Å²) in [7, 11) is 0. The zero-order valence-electron chi connectivity index (χ0n) is 8.66. The van der Waals surface area contributed by atoms with E-state index < -0.39 is 18.0 Å². The van der Waals surface area contributed by atoms with Crippen molar-refractivity contribution >= 4 is 11.6 Å². The summed E-state index contributed by atoms with van der Waals surface area (Å²) in [5, 5.41) is 22.4. The van der Waals surface area contributed by atoms with Crippen LogP contribution in [-0.2, 0) is 0 Å². The van der Waals surface area contributed by atoms with Crippen molar-refractivity contribution in [3.8, 4) is 0 Å². The Bertz CT molecular complexity index is 439. The van der Waals surface area contributed by atoms with Crippen LogP contribution in [0.15, 0.2) is 17.4 Å². The van der Waals surface area contributed by atoms with Crippen molar-refractivity contribution in [2.75, 3.05) is 6.54 Å². The van der Waals surface area contributed by atoms with E-state index in [0.717, 1.165) is 12.3 Å². The third-order valence-corrected chi connectivity index (χ3v) is 2.42. The second-order valence-electron chi connectivity index (χ2n) is 3.29. The van der Waals surface area contributed by atoms with Crippen LogP contribution in [0.1, 0.15) is 18.1 Å². The molecule has 0 fully saturated rings. The van der Waals surface area contributed by atoms with Gasteiger partial charge in [0.1, 0.15) is 17.1 Å². The number of rotatable bonds is 5. The third kappa shape index (κ3) is 3.83. The second-order valence-corrected chi connectivity index (χ2v) is 3.65. The average Bonchev–Trinajstić information content (AvgIpc) is 2.31. The van der Waals surface area contributed by atoms with Crippen LogP contribution in [0.25, 0.3) is 10.4 Å². The van der Waals surface area contributed by atoms with E-state index in [1.165, 1.54) is 0 Å². The maximum absolute atomic E-state index is 12.9. The van der Waals surface area contributed by atoms with Crippen LogP contribution < -0.4 is 0 Å². The maximum Gasteiger partial charge on any atom is 0.141 e. The lowest BCUT2D eigenvalue weighted by Gasteiger charge is -2.17. The molecule has 0 aliphatic rings. The molecular weight excluding hydrogens is 251 g/mol. The SMILES string of the molecule is [N-]=[N+]=NCCC(O)C(O)c1cc(F)cnc1Cl. The van der Waals surface area contributed by atoms with Gasteiger partial charge in [0.25, 0.3) is 0 Å². The molecular formula is C9H10ClFN4O2. The number of aliphatic hydroxyl groups is 2. The zero-order valence-corrected chi connectivity index (χ0v) is 9.42. The van der Waals surface area contributed by atoms with Crippen molar-refractivity contribution in [2.24, 2.45) is 5.11 Å². The fraction of sp³-hybridized carbons (Fsp3) is 0.444. The van der Waals surface area contributed by atoms with E-state index in [2.05, 4.69) is 15.0 Å². The summed E-state index contributed by atoms with van der Waals surface area (Å²) in [5.74, 6) is -0.661. The molecule has 0 aliphatic carbocycles. The third-order valence-electron chi connectivity index (χ3n) is 2.10. The van der Waals surface area contributed by atoms with Crippen LogP contribution in [0, 0.1) is 5.82 Å². The summed E-state index contributed by atoms with van der Waals surface area (Å²) in [6.07, 6.45) is -1.63. The highest BCUT2D eigenvalue weighted by molar-refractivity contribution is 6.30. The van der Waals surface area contributed by atoms with Gasteiger partial charge >= 0.3 is 0 Å². The minimum Gasteiger partial charge on any atom is -0.390 e. The van der Waals surface area contributed by atoms with E-state index in [9.17, 15) is 14.6 Å². The molecule has 1 aromatic heterocycles. The van der Waals surface area contributed by atoms with Gasteiger partial charge in [-0.3, -0.25) is 0 Å². The van der Waals surface area contributed by atoms with Crippen LogP contribution in [0.2, 0.25) is 5.15 Å². The molecule has 0 aliphatic heterocycles. The molecule has 1 aromatic rings. The van der Waals surface area contributed by atoms with Gasteiger partial charge in [0.05, 0.1) is 12.3 Å². The Morgan fingerprint density at radius 2 is 2.29 bits per heavy atom. The summed E-state index contributed by atoms with van der Waals surface area (Å²) < 4.78 is 12.9. The highest BCUT2D eigenvalue weighted by Crippen LogP contribution is 2.25. The fourth-order valence-electron chi connectivity index (χ4n) is 1.25. The van der Waals surface area contributed by atoms with E-state index in [1.807, 2.05) is 0 Å². The van der Waals surface area contributed by atoms with Crippen molar-refractivity contribution in [3.05, 3.63) is 39.2 Å². The predicted molar refractivity (Wildman–Crippen MR) is 58.8 cm³/mol. The molecule has 0 saturated heterocycles. The number of nitrogens with zero attached hydrogens (tertiary/aromatic N) is 4. The molecule has 0 bridgehead atoms. The second kappa shape index (κ2) is 6.36. The van der Waals surface area contributed by atoms with Gasteiger partial charge in [0.15, 0.2) is 0 Å². The molecule has 2 N–H and O–H groups in total. The number of halogens is 2. The molecule has 0 saturated carbocycles. The molecule has 17 heavy (non-hydrogen) atoms. The quantitative estimate of drug-likeness (QED) is 0.366. The lowest BCUT2D eigenvalue weighted by atomic mass is 10.0. The summed E-state index contributed by atoms with van der Waals surface area (Å²) in [5.41, 5.74) is 8.05. The minimum atomic E-state index is -1.38. The van der Waals surface area contributed by atoms with Crippen LogP contribution in [-0.4, -0.2) is 27.8 Å². The first-order chi connectivity index (χ1) is 8.06. The Kier molecular flexibility index (Phi) is 5.11. The van der Waals surface area contributed by atoms with E-state index in [4.69, 9.17) is 17.1 Å². The predicted octanol–water partition coefficient (Wildman–Crippen LogP) is 1.97. The fourth-order valence-corrected chi connectivity index (χ4v) is 1.46. The summed E-state index contributed by atoms with van der Waals surface area (Å²) in [4.78, 5) is 6.02. The van der Waals surface area contributed by atoms with Gasteiger partial charge in [0, 0.05) is 17.0 Å². The van der Waals surface area contributed by atoms with Gasteiger partial charge in [-0.25, -0.2) is 9.37 Å². The first-order valence-corrected chi connectivity index (χ1v) is 5.12. The smallest absolute Gasteiger partial charge is 0.141 e. The summed E-state index contributed by atoms with van der Waals surface area (Å²) in [6.45, 7) is 0.0229. The Labute approximate surface area is 101 Å². The van der Waals surface area contributed by atoms with Crippen molar-refractivity contribution in [1.29, 1.82) is 0 Å². The Hall–Kier alpha value is -1.40. The van der Waals surface area contributed by atoms with Crippen molar-refractivity contribution < 1.29 is 14.6 Å². The van der Waals surface area contributed by atoms with Gasteiger partial charge in [-0.2, -0.15) is 0 Å². The number of aliphatic hydroxyl groups excluding tert-OH is 2. The van der Waals surface area contributed by atoms with Crippen LogP contribution in [0.4, 0.5) is 4.39 Å². The van der Waals surface area contributed by atoms with Gasteiger partial charge in [-0.1, -0.05) is 16.7 Å². The van der Waals surface area contributed by atoms with Gasteiger partial charge in [0.2, 0.25) is 0 Å². The van der Waals surface area contributed by atoms with Gasteiger partial charge in [-0.15, -0.1) is 0 Å². The highest BCUT2D eigenvalue weighted by Gasteiger charge is 2.21. The van der Waals surface area contributed by atoms with Crippen molar-refractivity contribution in [2.45, 2.75) is 18.6 Å². The molecule has 92 valence electrons. The molecule has 8 heteroatoms. The van der Waals surface area contributed by atoms with Crippen LogP contribution in [0.3, 0.4) is 0 Å². The number of aromatic nitrogens is 1. The number of azide groups is 1. The topological polar surface area (TPSA) is 102 Å². The minimum absolute atomic E-state index is 0.0000962. The van der Waals surface area contributed by atoms with Gasteiger partial charge < -0.3 is 10.2 Å². The van der Waals surface area contributed by atoms with E-state index in [-0.39, 0.29) is 23.7 Å². The molecule has 1 heterocycles. The monoisotopic (exact) mass is 260 g/mol. The number of hydrogen-bond donors (Lipinski definition) is 2. The maximum atomic E-state index is 12.9. The molecule has 0 aromatic carbocycles. The molecule has 0 spiro atoms. The van der Waals surface area contributed by atoms with E-state index >= 15 is 0 Å².